The second-order valence-corrected chi connectivity index (χ2v) is 4.13. The van der Waals surface area contributed by atoms with Crippen LogP contribution in [0.15, 0.2) is 18.2 Å². The van der Waals surface area contributed by atoms with E-state index in [2.05, 4.69) is 0 Å². The minimum Gasteiger partial charge on any atom is -0.457 e. The van der Waals surface area contributed by atoms with Gasteiger partial charge >= 0.3 is 5.97 Å². The molecule has 0 aliphatic carbocycles. The summed E-state index contributed by atoms with van der Waals surface area (Å²) < 4.78 is 5.05. The number of nitro groups is 2. The Balaban J connectivity index is 2.41. The van der Waals surface area contributed by atoms with Gasteiger partial charge in [0.2, 0.25) is 0 Å². The smallest absolute Gasteiger partial charge is 0.306 e. The van der Waals surface area contributed by atoms with Crippen molar-refractivity contribution in [1.29, 1.82) is 0 Å². The quantitative estimate of drug-likeness (QED) is 0.471. The zero-order valence-corrected chi connectivity index (χ0v) is 9.77. The summed E-state index contributed by atoms with van der Waals surface area (Å²) in [5, 5.41) is 21.6. The van der Waals surface area contributed by atoms with Gasteiger partial charge in [0.15, 0.2) is 0 Å². The fourth-order valence-electron chi connectivity index (χ4n) is 2.00. The first-order valence-electron chi connectivity index (χ1n) is 5.61. The van der Waals surface area contributed by atoms with E-state index in [1.807, 2.05) is 0 Å². The van der Waals surface area contributed by atoms with Crippen LogP contribution in [0, 0.1) is 20.2 Å². The van der Waals surface area contributed by atoms with Gasteiger partial charge in [-0.2, -0.15) is 0 Å². The lowest BCUT2D eigenvalue weighted by Gasteiger charge is -2.22. The van der Waals surface area contributed by atoms with Crippen molar-refractivity contribution in [3.8, 4) is 0 Å². The van der Waals surface area contributed by atoms with E-state index in [4.69, 9.17) is 4.74 Å². The van der Waals surface area contributed by atoms with Crippen molar-refractivity contribution < 1.29 is 19.4 Å². The first-order chi connectivity index (χ1) is 8.99. The summed E-state index contributed by atoms with van der Waals surface area (Å²) in [6.45, 7) is 0. The van der Waals surface area contributed by atoms with Crippen molar-refractivity contribution in [2.45, 2.75) is 25.4 Å². The largest absolute Gasteiger partial charge is 0.457 e. The molecule has 1 aromatic rings. The number of nitrogens with zero attached hydrogens (tertiary/aromatic N) is 2. The van der Waals surface area contributed by atoms with Crippen LogP contribution in [0.4, 0.5) is 11.4 Å². The van der Waals surface area contributed by atoms with E-state index >= 15 is 0 Å². The summed E-state index contributed by atoms with van der Waals surface area (Å²) in [7, 11) is 0. The number of hydrogen-bond donors (Lipinski definition) is 0. The van der Waals surface area contributed by atoms with Crippen LogP contribution in [-0.2, 0) is 9.53 Å². The van der Waals surface area contributed by atoms with E-state index in [0.717, 1.165) is 6.07 Å². The van der Waals surface area contributed by atoms with Gasteiger partial charge in [-0.1, -0.05) is 0 Å². The Bertz CT molecular complexity index is 556. The van der Waals surface area contributed by atoms with Crippen LogP contribution < -0.4 is 0 Å². The normalized spacial score (nSPS) is 18.7. The highest BCUT2D eigenvalue weighted by molar-refractivity contribution is 5.70. The van der Waals surface area contributed by atoms with Crippen molar-refractivity contribution in [2.24, 2.45) is 0 Å². The molecule has 1 atom stereocenters. The van der Waals surface area contributed by atoms with Crippen LogP contribution in [0.3, 0.4) is 0 Å². The number of carbonyl (C=O) groups excluding carboxylic acids is 1. The first kappa shape index (κ1) is 12.9. The van der Waals surface area contributed by atoms with E-state index in [1.165, 1.54) is 12.1 Å². The molecule has 2 rings (SSSR count). The molecule has 100 valence electrons. The minimum absolute atomic E-state index is 0.198. The lowest BCUT2D eigenvalue weighted by Crippen LogP contribution is -2.18. The first-order valence-corrected chi connectivity index (χ1v) is 5.61. The number of esters is 1. The molecule has 0 spiro atoms. The SMILES string of the molecule is O=C1CCC[C@H](c2ccc([N+](=O)[O-])cc2[N+](=O)[O-])O1. The molecule has 1 aromatic carbocycles. The predicted octanol–water partition coefficient (Wildman–Crippen LogP) is 2.27. The number of cyclic esters (lactones) is 1. The van der Waals surface area contributed by atoms with Crippen LogP contribution in [0.5, 0.6) is 0 Å². The molecule has 0 unspecified atom stereocenters. The van der Waals surface area contributed by atoms with Crippen molar-refractivity contribution in [3.05, 3.63) is 44.0 Å². The van der Waals surface area contributed by atoms with Gasteiger partial charge in [-0.3, -0.25) is 25.0 Å². The molecule has 1 aliphatic heterocycles. The Morgan fingerprint density at radius 3 is 2.53 bits per heavy atom. The summed E-state index contributed by atoms with van der Waals surface area (Å²) in [6, 6.07) is 3.34. The van der Waals surface area contributed by atoms with Gasteiger partial charge in [-0.05, 0) is 18.9 Å². The summed E-state index contributed by atoms with van der Waals surface area (Å²) in [5.41, 5.74) is -0.560. The highest BCUT2D eigenvalue weighted by Crippen LogP contribution is 2.36. The molecule has 1 heterocycles. The maximum atomic E-state index is 11.2. The molecule has 0 N–H and O–H groups in total. The van der Waals surface area contributed by atoms with Crippen molar-refractivity contribution in [3.63, 3.8) is 0 Å². The van der Waals surface area contributed by atoms with Gasteiger partial charge in [-0.25, -0.2) is 0 Å². The molecule has 1 saturated heterocycles. The highest BCUT2D eigenvalue weighted by Gasteiger charge is 2.30. The Hall–Kier alpha value is -2.51. The van der Waals surface area contributed by atoms with E-state index < -0.39 is 27.6 Å². The molecular weight excluding hydrogens is 256 g/mol. The number of ether oxygens (including phenoxy) is 1. The Labute approximate surface area is 107 Å². The number of nitro benzene ring substituents is 2. The zero-order chi connectivity index (χ0) is 14.0. The maximum Gasteiger partial charge on any atom is 0.306 e. The van der Waals surface area contributed by atoms with E-state index in [9.17, 15) is 25.0 Å². The Morgan fingerprint density at radius 1 is 1.21 bits per heavy atom. The van der Waals surface area contributed by atoms with E-state index in [1.54, 1.807) is 0 Å². The summed E-state index contributed by atoms with van der Waals surface area (Å²) in [5.74, 6) is -0.413. The highest BCUT2D eigenvalue weighted by atomic mass is 16.6. The van der Waals surface area contributed by atoms with Crippen molar-refractivity contribution >= 4 is 17.3 Å². The average Bonchev–Trinajstić information content (AvgIpc) is 2.37. The van der Waals surface area contributed by atoms with Gasteiger partial charge in [0.05, 0.1) is 21.5 Å². The third kappa shape index (κ3) is 2.67. The number of non-ortho nitro benzene ring substituents is 1. The minimum atomic E-state index is -0.706. The molecule has 1 aliphatic rings. The van der Waals surface area contributed by atoms with Crippen LogP contribution >= 0.6 is 0 Å². The van der Waals surface area contributed by atoms with Gasteiger partial charge in [0.1, 0.15) is 6.10 Å². The molecule has 0 amide bonds. The van der Waals surface area contributed by atoms with Gasteiger partial charge in [-0.15, -0.1) is 0 Å². The molecule has 19 heavy (non-hydrogen) atoms. The van der Waals surface area contributed by atoms with Gasteiger partial charge in [0, 0.05) is 12.5 Å². The van der Waals surface area contributed by atoms with Crippen LogP contribution in [0.25, 0.3) is 0 Å². The summed E-state index contributed by atoms with van der Waals surface area (Å²) in [4.78, 5) is 31.4. The molecule has 0 radical (unpaired) electrons. The molecule has 0 saturated carbocycles. The second kappa shape index (κ2) is 5.01. The third-order valence-electron chi connectivity index (χ3n) is 2.89. The molecule has 0 aromatic heterocycles. The molecule has 1 fully saturated rings. The number of carbonyl (C=O) groups is 1. The van der Waals surface area contributed by atoms with E-state index in [0.29, 0.717) is 12.8 Å². The summed E-state index contributed by atoms with van der Waals surface area (Å²) >= 11 is 0. The van der Waals surface area contributed by atoms with Crippen LogP contribution in [0.1, 0.15) is 30.9 Å². The van der Waals surface area contributed by atoms with Crippen LogP contribution in [-0.4, -0.2) is 15.8 Å². The topological polar surface area (TPSA) is 113 Å². The van der Waals surface area contributed by atoms with Gasteiger partial charge in [0.25, 0.3) is 11.4 Å². The second-order valence-electron chi connectivity index (χ2n) is 4.13. The Kier molecular flexibility index (Phi) is 3.41. The van der Waals surface area contributed by atoms with Crippen molar-refractivity contribution in [2.75, 3.05) is 0 Å². The van der Waals surface area contributed by atoms with E-state index in [-0.39, 0.29) is 17.7 Å². The fraction of sp³-hybridized carbons (Fsp3) is 0.364. The zero-order valence-electron chi connectivity index (χ0n) is 9.77. The number of hydrogen-bond acceptors (Lipinski definition) is 6. The third-order valence-corrected chi connectivity index (χ3v) is 2.89. The molecule has 8 nitrogen and oxygen atoms in total. The lowest BCUT2D eigenvalue weighted by molar-refractivity contribution is -0.394. The average molecular weight is 266 g/mol. The van der Waals surface area contributed by atoms with Gasteiger partial charge < -0.3 is 4.74 Å². The number of benzene rings is 1. The fourth-order valence-corrected chi connectivity index (χ4v) is 2.00. The molecule has 8 heteroatoms. The maximum absolute atomic E-state index is 11.2. The monoisotopic (exact) mass is 266 g/mol. The Morgan fingerprint density at radius 2 is 1.95 bits per heavy atom. The molecule has 0 bridgehead atoms. The lowest BCUT2D eigenvalue weighted by atomic mass is 9.99. The predicted molar refractivity (Wildman–Crippen MR) is 62.4 cm³/mol. The molecular formula is C11H10N2O6. The number of rotatable bonds is 3. The summed E-state index contributed by atoms with van der Waals surface area (Å²) in [6.07, 6.45) is 0.640. The van der Waals surface area contributed by atoms with Crippen molar-refractivity contribution in [1.82, 2.24) is 0 Å². The standard InChI is InChI=1S/C11H10N2O6/c14-11-3-1-2-10(19-11)8-5-4-7(12(15)16)6-9(8)13(17)18/h4-6,10H,1-3H2/t10-/m1/s1. The van der Waals surface area contributed by atoms with Crippen LogP contribution in [0.2, 0.25) is 0 Å².